The van der Waals surface area contributed by atoms with Crippen molar-refractivity contribution < 1.29 is 9.90 Å². The van der Waals surface area contributed by atoms with Crippen LogP contribution < -0.4 is 0 Å². The monoisotopic (exact) mass is 441 g/mol. The lowest BCUT2D eigenvalue weighted by Gasteiger charge is -2.53. The highest BCUT2D eigenvalue weighted by atomic mass is 32.1. The van der Waals surface area contributed by atoms with E-state index in [0.717, 1.165) is 48.6 Å². The zero-order valence-corrected chi connectivity index (χ0v) is 20.2. The second-order valence-electron chi connectivity index (χ2n) is 9.71. The Bertz CT molecular complexity index is 926. The number of hydrogen-bond donors (Lipinski definition) is 1. The summed E-state index contributed by atoms with van der Waals surface area (Å²) in [5, 5.41) is 12.6. The van der Waals surface area contributed by atoms with Gasteiger partial charge >= 0.3 is 0 Å². The molecule has 2 aromatic rings. The van der Waals surface area contributed by atoms with Crippen molar-refractivity contribution in [2.75, 3.05) is 13.1 Å². The molecular weight excluding hydrogens is 406 g/mol. The van der Waals surface area contributed by atoms with Gasteiger partial charge in [-0.3, -0.25) is 9.78 Å². The van der Waals surface area contributed by atoms with Gasteiger partial charge in [-0.2, -0.15) is 0 Å². The van der Waals surface area contributed by atoms with Crippen molar-refractivity contribution in [3.05, 3.63) is 35.1 Å². The molecule has 0 aromatic carbocycles. The molecule has 2 heterocycles. The third-order valence-electron chi connectivity index (χ3n) is 7.94. The highest BCUT2D eigenvalue weighted by Gasteiger charge is 2.54. The number of carbonyl (C=O) groups excluding carboxylic acids is 1. The number of amides is 1. The zero-order chi connectivity index (χ0) is 22.3. The van der Waals surface area contributed by atoms with Crippen LogP contribution in [0.25, 0.3) is 10.6 Å². The number of hydrogen-bond acceptors (Lipinski definition) is 5. The molecule has 2 aliphatic rings. The van der Waals surface area contributed by atoms with Gasteiger partial charge in [-0.25, -0.2) is 4.98 Å². The first-order valence-electron chi connectivity index (χ1n) is 11.7. The van der Waals surface area contributed by atoms with Gasteiger partial charge in [-0.05, 0) is 62.5 Å². The number of carbonyl (C=O) groups is 1. The van der Waals surface area contributed by atoms with Gasteiger partial charge in [0.25, 0.3) is 0 Å². The lowest BCUT2D eigenvalue weighted by atomic mass is 9.53. The topological polar surface area (TPSA) is 66.3 Å². The van der Waals surface area contributed by atoms with E-state index in [1.807, 2.05) is 37.9 Å². The van der Waals surface area contributed by atoms with E-state index in [-0.39, 0.29) is 35.0 Å². The first kappa shape index (κ1) is 22.4. The average molecular weight is 442 g/mol. The summed E-state index contributed by atoms with van der Waals surface area (Å²) >= 11 is 1.78. The van der Waals surface area contributed by atoms with Crippen LogP contribution in [0.1, 0.15) is 63.9 Å². The molecule has 1 N–H and O–H groups in total. The van der Waals surface area contributed by atoms with Crippen LogP contribution in [0.4, 0.5) is 0 Å². The molecule has 0 bridgehead atoms. The minimum atomic E-state index is -0.486. The molecule has 0 radical (unpaired) electrons. The molecule has 4 rings (SSSR count). The van der Waals surface area contributed by atoms with Crippen LogP contribution in [0.15, 0.2) is 24.5 Å². The molecule has 0 saturated heterocycles. The van der Waals surface area contributed by atoms with Crippen molar-refractivity contribution in [3.8, 4) is 10.6 Å². The maximum Gasteiger partial charge on any atom is 0.225 e. The number of aliphatic hydroxyl groups is 1. The van der Waals surface area contributed by atoms with Gasteiger partial charge in [0.15, 0.2) is 0 Å². The predicted octanol–water partition coefficient (Wildman–Crippen LogP) is 4.76. The summed E-state index contributed by atoms with van der Waals surface area (Å²) in [6.45, 7) is 12.1. The highest BCUT2D eigenvalue weighted by Crippen LogP contribution is 2.57. The van der Waals surface area contributed by atoms with Crippen LogP contribution in [-0.2, 0) is 11.2 Å². The Balaban J connectivity index is 1.62. The minimum absolute atomic E-state index is 0.00612. The van der Waals surface area contributed by atoms with Gasteiger partial charge < -0.3 is 10.0 Å². The Labute approximate surface area is 189 Å². The second-order valence-corrected chi connectivity index (χ2v) is 10.8. The minimum Gasteiger partial charge on any atom is -0.392 e. The Hall–Kier alpha value is -1.79. The van der Waals surface area contributed by atoms with Gasteiger partial charge in [-0.15, -0.1) is 11.3 Å². The van der Waals surface area contributed by atoms with Crippen LogP contribution in [0, 0.1) is 23.2 Å². The largest absolute Gasteiger partial charge is 0.392 e. The van der Waals surface area contributed by atoms with E-state index in [9.17, 15) is 9.90 Å². The van der Waals surface area contributed by atoms with Crippen molar-refractivity contribution in [1.82, 2.24) is 14.9 Å². The number of pyridine rings is 1. The average Bonchev–Trinajstić information content (AvgIpc) is 3.18. The summed E-state index contributed by atoms with van der Waals surface area (Å²) in [7, 11) is 0. The number of aliphatic hydroxyl groups excluding tert-OH is 1. The molecule has 2 aromatic heterocycles. The standard InChI is InChI=1S/C25H35N3O2S/c1-6-28(7-2)24(30)15(3)18-10-11-25(5)13-19-21(16(4)20(25)22(18)29)27-23(31-19)17-9-8-12-26-14-17/h8-9,12,14-16,18,20,22,29H,6-7,10-11,13H2,1-5H3/t15-,16-,18?,20+,22-,25-/m0/s1. The molecule has 2 aliphatic carbocycles. The second kappa shape index (κ2) is 8.62. The van der Waals surface area contributed by atoms with Crippen molar-refractivity contribution in [3.63, 3.8) is 0 Å². The van der Waals surface area contributed by atoms with Crippen molar-refractivity contribution in [2.24, 2.45) is 23.2 Å². The smallest absolute Gasteiger partial charge is 0.225 e. The fourth-order valence-electron chi connectivity index (χ4n) is 6.17. The third kappa shape index (κ3) is 3.82. The van der Waals surface area contributed by atoms with Crippen LogP contribution >= 0.6 is 11.3 Å². The molecule has 5 nitrogen and oxygen atoms in total. The predicted molar refractivity (Wildman–Crippen MR) is 125 cm³/mol. The van der Waals surface area contributed by atoms with E-state index in [2.05, 4.69) is 24.9 Å². The van der Waals surface area contributed by atoms with Crippen LogP contribution in [0.3, 0.4) is 0 Å². The molecule has 0 aliphatic heterocycles. The molecule has 0 spiro atoms. The maximum atomic E-state index is 13.0. The summed E-state index contributed by atoms with van der Waals surface area (Å²) in [6, 6.07) is 4.00. The van der Waals surface area contributed by atoms with Gasteiger partial charge in [0.1, 0.15) is 5.01 Å². The van der Waals surface area contributed by atoms with Gasteiger partial charge in [0, 0.05) is 47.8 Å². The van der Waals surface area contributed by atoms with E-state index in [1.54, 1.807) is 17.5 Å². The lowest BCUT2D eigenvalue weighted by molar-refractivity contribution is -0.144. The highest BCUT2D eigenvalue weighted by molar-refractivity contribution is 7.15. The Morgan fingerprint density at radius 2 is 2.13 bits per heavy atom. The Kier molecular flexibility index (Phi) is 6.23. The first-order chi connectivity index (χ1) is 14.8. The molecule has 6 heteroatoms. The van der Waals surface area contributed by atoms with E-state index in [0.29, 0.717) is 0 Å². The number of thiazole rings is 1. The quantitative estimate of drug-likeness (QED) is 0.726. The summed E-state index contributed by atoms with van der Waals surface area (Å²) in [5.74, 6) is 0.314. The zero-order valence-electron chi connectivity index (χ0n) is 19.3. The summed E-state index contributed by atoms with van der Waals surface area (Å²) in [4.78, 5) is 25.5. The summed E-state index contributed by atoms with van der Waals surface area (Å²) in [6.07, 6.45) is 6.07. The third-order valence-corrected chi connectivity index (χ3v) is 9.06. The fourth-order valence-corrected chi connectivity index (χ4v) is 7.52. The Morgan fingerprint density at radius 1 is 1.39 bits per heavy atom. The van der Waals surface area contributed by atoms with Crippen molar-refractivity contribution in [2.45, 2.75) is 65.9 Å². The first-order valence-corrected chi connectivity index (χ1v) is 12.5. The molecular formula is C25H35N3O2S. The van der Waals surface area contributed by atoms with Gasteiger partial charge in [-0.1, -0.05) is 20.8 Å². The molecule has 168 valence electrons. The SMILES string of the molecule is CCN(CC)C(=O)[C@@H](C)C1CC[C@@]2(C)Cc3sc(-c4cccnc4)nc3[C@@H](C)[C@@H]2[C@H]1O. The molecule has 1 unspecified atom stereocenters. The lowest BCUT2D eigenvalue weighted by Crippen LogP contribution is -2.53. The van der Waals surface area contributed by atoms with Crippen LogP contribution in [0.5, 0.6) is 0 Å². The van der Waals surface area contributed by atoms with E-state index in [4.69, 9.17) is 4.98 Å². The summed E-state index contributed by atoms with van der Waals surface area (Å²) in [5.41, 5.74) is 2.23. The number of aromatic nitrogens is 2. The normalized spacial score (nSPS) is 30.9. The summed E-state index contributed by atoms with van der Waals surface area (Å²) < 4.78 is 0. The molecule has 1 saturated carbocycles. The molecule has 1 amide bonds. The van der Waals surface area contributed by atoms with Gasteiger partial charge in [0.2, 0.25) is 5.91 Å². The van der Waals surface area contributed by atoms with Crippen molar-refractivity contribution in [1.29, 1.82) is 0 Å². The van der Waals surface area contributed by atoms with Crippen LogP contribution in [0.2, 0.25) is 0 Å². The Morgan fingerprint density at radius 3 is 2.77 bits per heavy atom. The fraction of sp³-hybridized carbons (Fsp3) is 0.640. The molecule has 1 fully saturated rings. The van der Waals surface area contributed by atoms with E-state index >= 15 is 0 Å². The maximum absolute atomic E-state index is 13.0. The number of rotatable bonds is 5. The van der Waals surface area contributed by atoms with Crippen molar-refractivity contribution >= 4 is 17.2 Å². The molecule has 31 heavy (non-hydrogen) atoms. The van der Waals surface area contributed by atoms with E-state index in [1.165, 1.54) is 4.88 Å². The van der Waals surface area contributed by atoms with E-state index < -0.39 is 6.10 Å². The number of fused-ring (bicyclic) bond motifs is 2. The number of nitrogens with zero attached hydrogens (tertiary/aromatic N) is 3. The van der Waals surface area contributed by atoms with Gasteiger partial charge in [0.05, 0.1) is 11.8 Å². The molecule has 6 atom stereocenters. The van der Waals surface area contributed by atoms with Crippen LogP contribution in [-0.4, -0.2) is 45.1 Å².